The van der Waals surface area contributed by atoms with Crippen LogP contribution in [0.25, 0.3) is 0 Å². The van der Waals surface area contributed by atoms with Gasteiger partial charge in [-0.3, -0.25) is 28.7 Å². The molecule has 0 fully saturated rings. The Balaban J connectivity index is 0.00000480. The largest absolute Gasteiger partial charge is 1.00 e. The first-order chi connectivity index (χ1) is 27.4. The van der Waals surface area contributed by atoms with Gasteiger partial charge in [0.2, 0.25) is 0 Å². The number of anilines is 2. The maximum atomic E-state index is 14.1. The minimum Gasteiger partial charge on any atom is -0.861 e. The summed E-state index contributed by atoms with van der Waals surface area (Å²) < 4.78 is 68.4. The Kier molecular flexibility index (Phi) is 19.3. The molecular formula is C40H40Cl2N4Na2O10S2. The molecule has 1 aliphatic rings. The van der Waals surface area contributed by atoms with E-state index in [0.29, 0.717) is 48.2 Å². The van der Waals surface area contributed by atoms with Crippen molar-refractivity contribution in [2.24, 2.45) is 9.98 Å². The smallest absolute Gasteiger partial charge is 0.861 e. The molecule has 0 spiro atoms. The summed E-state index contributed by atoms with van der Waals surface area (Å²) in [7, 11) is -9.27. The molecular weight excluding hydrogens is 877 g/mol. The molecule has 5 rings (SSSR count). The van der Waals surface area contributed by atoms with Gasteiger partial charge in [0, 0.05) is 34.6 Å². The zero-order chi connectivity index (χ0) is 42.4. The number of carbonyl (C=O) groups is 2. The first-order valence-electron chi connectivity index (χ1n) is 18.0. The summed E-state index contributed by atoms with van der Waals surface area (Å²) >= 11 is 11.1. The van der Waals surface area contributed by atoms with Crippen LogP contribution in [-0.4, -0.2) is 73.1 Å². The summed E-state index contributed by atoms with van der Waals surface area (Å²) in [6, 6.07) is 18.0. The monoisotopic (exact) mass is 916 g/mol. The number of benzene rings is 4. The number of hydrogen-bond donors (Lipinski definition) is 4. The van der Waals surface area contributed by atoms with E-state index in [1.54, 1.807) is 48.5 Å². The fourth-order valence-corrected chi connectivity index (χ4v) is 8.52. The van der Waals surface area contributed by atoms with Crippen LogP contribution in [0.1, 0.15) is 80.8 Å². The number of fused-ring (bicyclic) bond motifs is 2. The zero-order valence-electron chi connectivity index (χ0n) is 33.4. The third-order valence-corrected chi connectivity index (χ3v) is 12.0. The van der Waals surface area contributed by atoms with Gasteiger partial charge < -0.3 is 20.8 Å². The normalized spacial score (nSPS) is 14.0. The van der Waals surface area contributed by atoms with Crippen LogP contribution in [0, 0.1) is 0 Å². The average molecular weight is 918 g/mol. The van der Waals surface area contributed by atoms with Crippen molar-refractivity contribution in [3.05, 3.63) is 117 Å². The Morgan fingerprint density at radius 1 is 0.633 bits per heavy atom. The summed E-state index contributed by atoms with van der Waals surface area (Å²) in [5.74, 6) is -2.81. The van der Waals surface area contributed by atoms with Gasteiger partial charge in [-0.2, -0.15) is 16.8 Å². The average Bonchev–Trinajstić information content (AvgIpc) is 3.19. The predicted octanol–water partition coefficient (Wildman–Crippen LogP) is -1.17. The van der Waals surface area contributed by atoms with Crippen molar-refractivity contribution in [2.45, 2.75) is 74.5 Å². The van der Waals surface area contributed by atoms with Crippen molar-refractivity contribution in [3.8, 4) is 0 Å². The Morgan fingerprint density at radius 2 is 1.00 bits per heavy atom. The molecule has 0 aromatic heterocycles. The molecule has 0 saturated carbocycles. The van der Waals surface area contributed by atoms with Gasteiger partial charge >= 0.3 is 59.1 Å². The molecule has 20 heteroatoms. The Bertz CT molecular complexity index is 2350. The molecule has 0 heterocycles. The number of rotatable bonds is 18. The molecule has 0 aliphatic heterocycles. The second-order valence-electron chi connectivity index (χ2n) is 13.7. The van der Waals surface area contributed by atoms with Crippen LogP contribution in [0.2, 0.25) is 0 Å². The Hall–Kier alpha value is -2.84. The van der Waals surface area contributed by atoms with Gasteiger partial charge in [0.15, 0.2) is 11.6 Å². The molecule has 4 N–H and O–H groups in total. The fraction of sp³-hybridized carbons (Fsp3) is 0.300. The number of aryl methyl sites for hydroxylation is 2. The van der Waals surface area contributed by atoms with Crippen LogP contribution in [0.5, 0.6) is 0 Å². The van der Waals surface area contributed by atoms with Gasteiger partial charge in [-0.05, 0) is 97.8 Å². The van der Waals surface area contributed by atoms with E-state index in [-0.39, 0.29) is 151 Å². The molecule has 2 unspecified atom stereocenters. The number of nitrogens with zero attached hydrogens (tertiary/aromatic N) is 2. The van der Waals surface area contributed by atoms with E-state index in [4.69, 9.17) is 23.2 Å². The molecule has 60 heavy (non-hydrogen) atoms. The number of nitrogens with one attached hydrogen (secondary N) is 2. The van der Waals surface area contributed by atoms with E-state index in [1.807, 2.05) is 13.8 Å². The second-order valence-corrected chi connectivity index (χ2v) is 17.0. The van der Waals surface area contributed by atoms with Crippen LogP contribution in [0.4, 0.5) is 11.4 Å². The molecule has 0 radical (unpaired) electrons. The number of ketones is 2. The summed E-state index contributed by atoms with van der Waals surface area (Å²) in [5.41, 5.74) is 2.97. The number of alkyl halides is 2. The van der Waals surface area contributed by atoms with Gasteiger partial charge in [-0.15, -0.1) is 23.2 Å². The van der Waals surface area contributed by atoms with Crippen molar-refractivity contribution in [1.82, 2.24) is 0 Å². The quantitative estimate of drug-likeness (QED) is 0.0268. The maximum Gasteiger partial charge on any atom is 1.00 e. The Labute approximate surface area is 403 Å². The maximum absolute atomic E-state index is 14.1. The minimum absolute atomic E-state index is 0. The van der Waals surface area contributed by atoms with Gasteiger partial charge in [-0.1, -0.05) is 48.5 Å². The van der Waals surface area contributed by atoms with E-state index >= 15 is 0 Å². The standard InChI is InChI=1S/C40H42Cl2N4O10S2.2Na/c1-23(13-15-25-7-5-11-33(57(51,52)53)29(25)21-43-35(47)19-41)45-31-17-18-32(38-37(31)39(49)27-9-3-4-10-28(27)40(38)50)46-24(2)14-16-26-8-6-12-34(58(54,55)56)30(26)22-44-36(48)20-42;;/h3-12,17-18,23-24,45-46H,13-16,19-22H2,1-2H3,(H,43,47)(H,44,48)(H,51,52,53)(H,54,55,56);;/q;2*+1/p-2. The number of aliphatic imine (C=N–C) groups is 2. The number of halogens is 2. The molecule has 4 aromatic rings. The molecule has 0 amide bonds. The number of hydrogen-bond acceptors (Lipinski definition) is 12. The third-order valence-electron chi connectivity index (χ3n) is 9.64. The van der Waals surface area contributed by atoms with E-state index in [1.165, 1.54) is 24.3 Å². The summed E-state index contributed by atoms with van der Waals surface area (Å²) in [6.07, 6.45) is 1.37. The fourth-order valence-electron chi connectivity index (χ4n) is 6.83. The van der Waals surface area contributed by atoms with Crippen molar-refractivity contribution in [3.63, 3.8) is 0 Å². The van der Waals surface area contributed by atoms with Crippen LogP contribution < -0.4 is 80.0 Å². The van der Waals surface area contributed by atoms with E-state index in [0.717, 1.165) is 0 Å². The SMILES string of the molecule is CC(CCc1cccc(S(=O)(=O)O)c1CN=C([O-])CCl)Nc1ccc(NC(C)CCc2cccc(S(=O)(=O)O)c2CN=C([O-])CCl)c2c1C(=O)c1ccccc1C2=O.[Na+].[Na+]. The topological polar surface area (TPSA) is 238 Å². The van der Waals surface area contributed by atoms with E-state index in [2.05, 4.69) is 20.6 Å². The molecule has 0 saturated heterocycles. The van der Waals surface area contributed by atoms with Crippen LogP contribution in [0.3, 0.4) is 0 Å². The Morgan fingerprint density at radius 3 is 1.33 bits per heavy atom. The molecule has 1 aliphatic carbocycles. The molecule has 308 valence electrons. The summed E-state index contributed by atoms with van der Waals surface area (Å²) in [6.45, 7) is 3.08. The van der Waals surface area contributed by atoms with Crippen molar-refractivity contribution >= 4 is 78.2 Å². The van der Waals surface area contributed by atoms with E-state index in [9.17, 15) is 45.7 Å². The van der Waals surface area contributed by atoms with Crippen molar-refractivity contribution in [1.29, 1.82) is 0 Å². The number of carbonyl (C=O) groups excluding carboxylic acids is 2. The second kappa shape index (κ2) is 22.5. The van der Waals surface area contributed by atoms with Gasteiger partial charge in [0.05, 0.1) is 45.8 Å². The zero-order valence-corrected chi connectivity index (χ0v) is 40.5. The first kappa shape index (κ1) is 51.5. The summed E-state index contributed by atoms with van der Waals surface area (Å²) in [5, 5.41) is 30.4. The van der Waals surface area contributed by atoms with E-state index < -0.39 is 32.0 Å². The molecule has 2 atom stereocenters. The van der Waals surface area contributed by atoms with Crippen molar-refractivity contribution < 1.29 is 105 Å². The molecule has 0 bridgehead atoms. The molecule has 4 aromatic carbocycles. The van der Waals surface area contributed by atoms with Crippen molar-refractivity contribution in [2.75, 3.05) is 22.4 Å². The molecule has 14 nitrogen and oxygen atoms in total. The van der Waals surface area contributed by atoms with Crippen LogP contribution in [-0.2, 0) is 46.2 Å². The van der Waals surface area contributed by atoms with Gasteiger partial charge in [0.1, 0.15) is 0 Å². The summed E-state index contributed by atoms with van der Waals surface area (Å²) in [4.78, 5) is 35.2. The predicted molar refractivity (Wildman–Crippen MR) is 219 cm³/mol. The van der Waals surface area contributed by atoms with Crippen LogP contribution in [0.15, 0.2) is 92.6 Å². The first-order valence-corrected chi connectivity index (χ1v) is 22.0. The third kappa shape index (κ3) is 12.6. The van der Waals surface area contributed by atoms with Gasteiger partial charge in [-0.25, -0.2) is 0 Å². The minimum atomic E-state index is -4.64. The van der Waals surface area contributed by atoms with Crippen LogP contribution >= 0.6 is 23.2 Å². The van der Waals surface area contributed by atoms with Gasteiger partial charge in [0.25, 0.3) is 20.2 Å².